The number of aryl methyl sites for hydroxylation is 2. The van der Waals surface area contributed by atoms with E-state index in [-0.39, 0.29) is 0 Å². The standard InChI is InChI=1S/C14H26N4/c1-4-8-18(14-6-5-7-15-9-14)11-13-10-17(3)16-12(13)2/h10,14-15H,4-9,11H2,1-3H3. The van der Waals surface area contributed by atoms with Crippen LogP contribution in [0.15, 0.2) is 6.20 Å². The van der Waals surface area contributed by atoms with Gasteiger partial charge in [-0.15, -0.1) is 0 Å². The van der Waals surface area contributed by atoms with Crippen LogP contribution in [0.1, 0.15) is 37.4 Å². The van der Waals surface area contributed by atoms with Crippen molar-refractivity contribution in [2.75, 3.05) is 19.6 Å². The molecule has 1 aromatic heterocycles. The summed E-state index contributed by atoms with van der Waals surface area (Å²) in [6.07, 6.45) is 6.01. The van der Waals surface area contributed by atoms with Gasteiger partial charge in [-0.1, -0.05) is 6.92 Å². The molecule has 0 saturated carbocycles. The second kappa shape index (κ2) is 6.34. The molecule has 4 heteroatoms. The molecule has 2 heterocycles. The average molecular weight is 250 g/mol. The van der Waals surface area contributed by atoms with Crippen LogP contribution in [0.2, 0.25) is 0 Å². The molecular formula is C14H26N4. The number of nitrogens with zero attached hydrogens (tertiary/aromatic N) is 3. The van der Waals surface area contributed by atoms with Crippen molar-refractivity contribution >= 4 is 0 Å². The van der Waals surface area contributed by atoms with Crippen LogP contribution in [0.3, 0.4) is 0 Å². The van der Waals surface area contributed by atoms with Crippen molar-refractivity contribution < 1.29 is 0 Å². The fourth-order valence-electron chi connectivity index (χ4n) is 2.85. The summed E-state index contributed by atoms with van der Waals surface area (Å²) in [7, 11) is 2.00. The zero-order valence-electron chi connectivity index (χ0n) is 11.9. The van der Waals surface area contributed by atoms with Gasteiger partial charge in [0.2, 0.25) is 0 Å². The molecule has 1 fully saturated rings. The third kappa shape index (κ3) is 3.33. The van der Waals surface area contributed by atoms with Crippen LogP contribution < -0.4 is 5.32 Å². The lowest BCUT2D eigenvalue weighted by molar-refractivity contribution is 0.157. The summed E-state index contributed by atoms with van der Waals surface area (Å²) in [4.78, 5) is 2.62. The molecule has 0 amide bonds. The number of aromatic nitrogens is 2. The largest absolute Gasteiger partial charge is 0.315 e. The molecule has 1 aliphatic heterocycles. The smallest absolute Gasteiger partial charge is 0.0638 e. The number of rotatable bonds is 5. The van der Waals surface area contributed by atoms with Gasteiger partial charge < -0.3 is 5.32 Å². The predicted molar refractivity (Wildman–Crippen MR) is 74.5 cm³/mol. The summed E-state index contributed by atoms with van der Waals surface area (Å²) in [5.74, 6) is 0. The van der Waals surface area contributed by atoms with E-state index in [2.05, 4.69) is 35.4 Å². The third-order valence-corrected chi connectivity index (χ3v) is 3.79. The van der Waals surface area contributed by atoms with Gasteiger partial charge in [0.05, 0.1) is 5.69 Å². The van der Waals surface area contributed by atoms with Crippen LogP contribution in [-0.2, 0) is 13.6 Å². The zero-order valence-corrected chi connectivity index (χ0v) is 11.9. The Morgan fingerprint density at radius 2 is 2.39 bits per heavy atom. The van der Waals surface area contributed by atoms with Crippen LogP contribution in [0.25, 0.3) is 0 Å². The monoisotopic (exact) mass is 250 g/mol. The SMILES string of the molecule is CCCN(Cc1cn(C)nc1C)C1CCCNC1. The Morgan fingerprint density at radius 1 is 1.56 bits per heavy atom. The fourth-order valence-corrected chi connectivity index (χ4v) is 2.85. The van der Waals surface area contributed by atoms with Gasteiger partial charge in [0, 0.05) is 37.9 Å². The van der Waals surface area contributed by atoms with Crippen molar-refractivity contribution in [3.05, 3.63) is 17.5 Å². The topological polar surface area (TPSA) is 33.1 Å². The van der Waals surface area contributed by atoms with Gasteiger partial charge in [0.1, 0.15) is 0 Å². The van der Waals surface area contributed by atoms with E-state index in [0.717, 1.165) is 13.1 Å². The molecule has 18 heavy (non-hydrogen) atoms. The highest BCUT2D eigenvalue weighted by Gasteiger charge is 2.21. The minimum atomic E-state index is 0.693. The summed E-state index contributed by atoms with van der Waals surface area (Å²) in [5.41, 5.74) is 2.54. The van der Waals surface area contributed by atoms with Crippen LogP contribution >= 0.6 is 0 Å². The van der Waals surface area contributed by atoms with Gasteiger partial charge in [0.25, 0.3) is 0 Å². The molecule has 0 aromatic carbocycles. The Bertz CT molecular complexity index is 366. The molecule has 0 radical (unpaired) electrons. The zero-order chi connectivity index (χ0) is 13.0. The van der Waals surface area contributed by atoms with Crippen LogP contribution in [0, 0.1) is 6.92 Å². The van der Waals surface area contributed by atoms with Crippen molar-refractivity contribution in [3.63, 3.8) is 0 Å². The van der Waals surface area contributed by atoms with Crippen LogP contribution in [0.5, 0.6) is 0 Å². The molecule has 0 aliphatic carbocycles. The lowest BCUT2D eigenvalue weighted by Crippen LogP contribution is -2.45. The Morgan fingerprint density at radius 3 is 2.94 bits per heavy atom. The lowest BCUT2D eigenvalue weighted by Gasteiger charge is -2.34. The summed E-state index contributed by atoms with van der Waals surface area (Å²) in [6.45, 7) is 8.92. The highest BCUT2D eigenvalue weighted by atomic mass is 15.3. The van der Waals surface area contributed by atoms with Crippen LogP contribution in [-0.4, -0.2) is 40.4 Å². The fraction of sp³-hybridized carbons (Fsp3) is 0.786. The Balaban J connectivity index is 2.02. The molecule has 1 saturated heterocycles. The number of hydrogen-bond donors (Lipinski definition) is 1. The minimum Gasteiger partial charge on any atom is -0.315 e. The molecular weight excluding hydrogens is 224 g/mol. The third-order valence-electron chi connectivity index (χ3n) is 3.79. The first-order valence-electron chi connectivity index (χ1n) is 7.14. The Labute approximate surface area is 110 Å². The maximum atomic E-state index is 4.44. The normalized spacial score (nSPS) is 20.6. The van der Waals surface area contributed by atoms with Gasteiger partial charge in [-0.2, -0.15) is 5.10 Å². The van der Waals surface area contributed by atoms with E-state index in [1.54, 1.807) is 0 Å². The summed E-state index contributed by atoms with van der Waals surface area (Å²) in [5, 5.41) is 7.96. The predicted octanol–water partition coefficient (Wildman–Crippen LogP) is 1.69. The number of nitrogens with one attached hydrogen (secondary N) is 1. The average Bonchev–Trinajstić information content (AvgIpc) is 2.68. The Hall–Kier alpha value is -0.870. The van der Waals surface area contributed by atoms with E-state index in [4.69, 9.17) is 0 Å². The first-order valence-corrected chi connectivity index (χ1v) is 7.14. The highest BCUT2D eigenvalue weighted by Crippen LogP contribution is 2.16. The van der Waals surface area contributed by atoms with E-state index in [1.165, 1.54) is 43.6 Å². The first kappa shape index (κ1) is 13.6. The van der Waals surface area contributed by atoms with Gasteiger partial charge in [-0.3, -0.25) is 9.58 Å². The van der Waals surface area contributed by atoms with Gasteiger partial charge in [-0.05, 0) is 39.3 Å². The van der Waals surface area contributed by atoms with Gasteiger partial charge in [0.15, 0.2) is 0 Å². The van der Waals surface area contributed by atoms with Crippen molar-refractivity contribution in [1.82, 2.24) is 20.0 Å². The van der Waals surface area contributed by atoms with Crippen molar-refractivity contribution in [1.29, 1.82) is 0 Å². The maximum absolute atomic E-state index is 4.44. The summed E-state index contributed by atoms with van der Waals surface area (Å²) < 4.78 is 1.92. The molecule has 1 N–H and O–H groups in total. The van der Waals surface area contributed by atoms with Gasteiger partial charge in [-0.25, -0.2) is 0 Å². The van der Waals surface area contributed by atoms with Crippen molar-refractivity contribution in [2.24, 2.45) is 7.05 Å². The summed E-state index contributed by atoms with van der Waals surface area (Å²) in [6, 6.07) is 0.693. The molecule has 0 bridgehead atoms. The van der Waals surface area contributed by atoms with Crippen molar-refractivity contribution in [2.45, 2.75) is 45.7 Å². The molecule has 1 aliphatic rings. The van der Waals surface area contributed by atoms with Crippen LogP contribution in [0.4, 0.5) is 0 Å². The van der Waals surface area contributed by atoms with E-state index < -0.39 is 0 Å². The van der Waals surface area contributed by atoms with E-state index in [9.17, 15) is 0 Å². The van der Waals surface area contributed by atoms with Crippen molar-refractivity contribution in [3.8, 4) is 0 Å². The van der Waals surface area contributed by atoms with E-state index in [0.29, 0.717) is 6.04 Å². The maximum Gasteiger partial charge on any atom is 0.0638 e. The highest BCUT2D eigenvalue weighted by molar-refractivity contribution is 5.15. The second-order valence-corrected chi connectivity index (χ2v) is 5.38. The second-order valence-electron chi connectivity index (χ2n) is 5.38. The lowest BCUT2D eigenvalue weighted by atomic mass is 10.0. The molecule has 0 spiro atoms. The first-order chi connectivity index (χ1) is 8.70. The number of hydrogen-bond acceptors (Lipinski definition) is 3. The molecule has 1 atom stereocenters. The molecule has 102 valence electrons. The minimum absolute atomic E-state index is 0.693. The molecule has 4 nitrogen and oxygen atoms in total. The molecule has 2 rings (SSSR count). The van der Waals surface area contributed by atoms with E-state index in [1.807, 2.05) is 11.7 Å². The van der Waals surface area contributed by atoms with Gasteiger partial charge >= 0.3 is 0 Å². The molecule has 1 aromatic rings. The summed E-state index contributed by atoms with van der Waals surface area (Å²) >= 11 is 0. The quantitative estimate of drug-likeness (QED) is 0.863. The van der Waals surface area contributed by atoms with E-state index >= 15 is 0 Å². The molecule has 1 unspecified atom stereocenters. The number of piperidine rings is 1. The Kier molecular flexibility index (Phi) is 4.78.